The monoisotopic (exact) mass is 447 g/mol. The normalized spacial score (nSPS) is 18.7. The Hall–Kier alpha value is -3.00. The van der Waals surface area contributed by atoms with Crippen molar-refractivity contribution >= 4 is 22.8 Å². The first kappa shape index (κ1) is 21.8. The Labute approximate surface area is 195 Å². The first-order chi connectivity index (χ1) is 16.0. The molecule has 1 aromatic carbocycles. The zero-order valence-corrected chi connectivity index (χ0v) is 19.6. The van der Waals surface area contributed by atoms with Crippen LogP contribution in [-0.2, 0) is 17.3 Å². The van der Waals surface area contributed by atoms with Crippen LogP contribution in [0.1, 0.15) is 37.1 Å². The van der Waals surface area contributed by atoms with E-state index in [1.807, 2.05) is 20.2 Å². The molecule has 33 heavy (non-hydrogen) atoms. The summed E-state index contributed by atoms with van der Waals surface area (Å²) >= 11 is 0. The van der Waals surface area contributed by atoms with Gasteiger partial charge in [-0.25, -0.2) is 9.97 Å². The second kappa shape index (κ2) is 9.09. The molecule has 1 saturated heterocycles. The Kier molecular flexibility index (Phi) is 6.01. The van der Waals surface area contributed by atoms with Gasteiger partial charge >= 0.3 is 0 Å². The molecule has 2 fully saturated rings. The number of anilines is 1. The van der Waals surface area contributed by atoms with E-state index in [-0.39, 0.29) is 11.3 Å². The fourth-order valence-corrected chi connectivity index (χ4v) is 5.41. The van der Waals surface area contributed by atoms with Crippen molar-refractivity contribution < 1.29 is 4.79 Å². The highest BCUT2D eigenvalue weighted by molar-refractivity contribution is 5.87. The van der Waals surface area contributed by atoms with E-state index in [1.54, 1.807) is 4.68 Å². The Balaban J connectivity index is 1.17. The molecular weight excluding hydrogens is 414 g/mol. The lowest BCUT2D eigenvalue weighted by molar-refractivity contribution is -0.122. The fourth-order valence-electron chi connectivity index (χ4n) is 5.41. The molecule has 0 unspecified atom stereocenters. The van der Waals surface area contributed by atoms with E-state index in [9.17, 15) is 4.79 Å². The number of hydrogen-bond acceptors (Lipinski definition) is 6. The summed E-state index contributed by atoms with van der Waals surface area (Å²) in [5.41, 5.74) is 2.31. The van der Waals surface area contributed by atoms with Gasteiger partial charge in [0.05, 0.1) is 18.1 Å². The lowest BCUT2D eigenvalue weighted by Gasteiger charge is -2.35. The number of aryl methyl sites for hydroxylation is 2. The minimum absolute atomic E-state index is 0.0928. The number of aromatic nitrogens is 4. The summed E-state index contributed by atoms with van der Waals surface area (Å²) in [7, 11) is 1.91. The van der Waals surface area contributed by atoms with Crippen LogP contribution in [0.5, 0.6) is 0 Å². The molecule has 5 rings (SSSR count). The zero-order chi connectivity index (χ0) is 22.8. The number of carbonyl (C=O) groups excluding carboxylic acids is 1. The topological polar surface area (TPSA) is 79.2 Å². The maximum Gasteiger partial charge on any atom is 0.234 e. The summed E-state index contributed by atoms with van der Waals surface area (Å²) in [5.74, 6) is 1.82. The second-order valence-corrected chi connectivity index (χ2v) is 9.49. The van der Waals surface area contributed by atoms with Gasteiger partial charge in [0, 0.05) is 45.2 Å². The number of piperazine rings is 1. The van der Waals surface area contributed by atoms with Crippen molar-refractivity contribution in [3.8, 4) is 0 Å². The molecule has 1 saturated carbocycles. The minimum atomic E-state index is 0.0928. The van der Waals surface area contributed by atoms with Crippen molar-refractivity contribution in [3.63, 3.8) is 0 Å². The van der Waals surface area contributed by atoms with Gasteiger partial charge in [-0.05, 0) is 25.3 Å². The maximum atomic E-state index is 12.8. The van der Waals surface area contributed by atoms with Crippen molar-refractivity contribution in [2.75, 3.05) is 44.2 Å². The van der Waals surface area contributed by atoms with Crippen LogP contribution < -0.4 is 10.2 Å². The zero-order valence-electron chi connectivity index (χ0n) is 19.6. The summed E-state index contributed by atoms with van der Waals surface area (Å²) in [6.45, 7) is 6.44. The van der Waals surface area contributed by atoms with Gasteiger partial charge in [0.25, 0.3) is 0 Å². The number of nitrogens with one attached hydrogen (secondary N) is 1. The summed E-state index contributed by atoms with van der Waals surface area (Å²) in [6, 6.07) is 10.7. The third kappa shape index (κ3) is 4.44. The summed E-state index contributed by atoms with van der Waals surface area (Å²) in [6.07, 6.45) is 6.61. The summed E-state index contributed by atoms with van der Waals surface area (Å²) < 4.78 is 1.79. The Morgan fingerprint density at radius 1 is 1.06 bits per heavy atom. The van der Waals surface area contributed by atoms with Crippen LogP contribution in [0, 0.1) is 6.92 Å². The number of benzene rings is 1. The summed E-state index contributed by atoms with van der Waals surface area (Å²) in [4.78, 5) is 26.6. The Morgan fingerprint density at radius 2 is 1.79 bits per heavy atom. The molecule has 0 radical (unpaired) electrons. The van der Waals surface area contributed by atoms with Crippen molar-refractivity contribution in [2.24, 2.45) is 7.05 Å². The van der Waals surface area contributed by atoms with Gasteiger partial charge < -0.3 is 10.2 Å². The molecule has 1 amide bonds. The van der Waals surface area contributed by atoms with Crippen LogP contribution >= 0.6 is 0 Å². The van der Waals surface area contributed by atoms with Crippen LogP contribution in [0.2, 0.25) is 0 Å². The second-order valence-electron chi connectivity index (χ2n) is 9.49. The van der Waals surface area contributed by atoms with E-state index in [4.69, 9.17) is 4.98 Å². The number of nitrogens with zero attached hydrogens (tertiary/aromatic N) is 6. The van der Waals surface area contributed by atoms with Crippen LogP contribution in [0.15, 0.2) is 36.5 Å². The molecule has 8 heteroatoms. The molecule has 2 aromatic heterocycles. The molecule has 1 N–H and O–H groups in total. The SMILES string of the molecule is Cc1nc(N2CCN(CC(=O)NCC3(c4ccccc4)CCCC3)CC2)c2cnn(C)c2n1. The van der Waals surface area contributed by atoms with Gasteiger partial charge in [-0.2, -0.15) is 5.10 Å². The first-order valence-electron chi connectivity index (χ1n) is 12.0. The molecule has 3 aromatic rings. The lowest BCUT2D eigenvalue weighted by Crippen LogP contribution is -2.50. The molecular formula is C25H33N7O. The van der Waals surface area contributed by atoms with Gasteiger partial charge in [-0.3, -0.25) is 14.4 Å². The van der Waals surface area contributed by atoms with E-state index in [2.05, 4.69) is 55.5 Å². The number of hydrogen-bond donors (Lipinski definition) is 1. The summed E-state index contributed by atoms with van der Waals surface area (Å²) in [5, 5.41) is 8.60. The van der Waals surface area contributed by atoms with Crippen molar-refractivity contribution in [1.29, 1.82) is 0 Å². The minimum Gasteiger partial charge on any atom is -0.354 e. The van der Waals surface area contributed by atoms with Gasteiger partial charge in [-0.1, -0.05) is 43.2 Å². The molecule has 1 aliphatic heterocycles. The quantitative estimate of drug-likeness (QED) is 0.625. The van der Waals surface area contributed by atoms with Crippen molar-refractivity contribution in [3.05, 3.63) is 47.9 Å². The predicted octanol–water partition coefficient (Wildman–Crippen LogP) is 2.42. The largest absolute Gasteiger partial charge is 0.354 e. The van der Waals surface area contributed by atoms with Crippen molar-refractivity contribution in [2.45, 2.75) is 38.0 Å². The average molecular weight is 448 g/mol. The fraction of sp³-hybridized carbons (Fsp3) is 0.520. The molecule has 174 valence electrons. The van der Waals surface area contributed by atoms with Gasteiger partial charge in [0.2, 0.25) is 5.91 Å². The smallest absolute Gasteiger partial charge is 0.234 e. The lowest BCUT2D eigenvalue weighted by atomic mass is 9.79. The average Bonchev–Trinajstić information content (AvgIpc) is 3.46. The van der Waals surface area contributed by atoms with Crippen molar-refractivity contribution in [1.82, 2.24) is 30.0 Å². The highest BCUT2D eigenvalue weighted by atomic mass is 16.2. The molecule has 8 nitrogen and oxygen atoms in total. The first-order valence-corrected chi connectivity index (χ1v) is 12.0. The maximum absolute atomic E-state index is 12.8. The predicted molar refractivity (Wildman–Crippen MR) is 129 cm³/mol. The highest BCUT2D eigenvalue weighted by Gasteiger charge is 2.36. The number of carbonyl (C=O) groups is 1. The van der Waals surface area contributed by atoms with E-state index < -0.39 is 0 Å². The van der Waals surface area contributed by atoms with E-state index >= 15 is 0 Å². The van der Waals surface area contributed by atoms with Crippen LogP contribution in [-0.4, -0.2) is 69.8 Å². The molecule has 0 spiro atoms. The number of rotatable bonds is 6. The number of fused-ring (bicyclic) bond motifs is 1. The molecule has 0 atom stereocenters. The van der Waals surface area contributed by atoms with Crippen LogP contribution in [0.3, 0.4) is 0 Å². The van der Waals surface area contributed by atoms with E-state index in [1.165, 1.54) is 18.4 Å². The Morgan fingerprint density at radius 3 is 2.52 bits per heavy atom. The van der Waals surface area contributed by atoms with Gasteiger partial charge in [0.15, 0.2) is 5.65 Å². The molecule has 1 aliphatic carbocycles. The van der Waals surface area contributed by atoms with Gasteiger partial charge in [0.1, 0.15) is 11.6 Å². The van der Waals surface area contributed by atoms with Crippen LogP contribution in [0.25, 0.3) is 11.0 Å². The molecule has 2 aliphatic rings. The standard InChI is InChI=1S/C25H33N7O/c1-19-28-23-21(16-27-30(23)2)24(29-19)32-14-12-31(13-15-32)17-22(33)26-18-25(10-6-7-11-25)20-8-4-3-5-9-20/h3-5,8-9,16H,6-7,10-15,17-18H2,1-2H3,(H,26,33). The van der Waals surface area contributed by atoms with Crippen LogP contribution in [0.4, 0.5) is 5.82 Å². The van der Waals surface area contributed by atoms with E-state index in [0.717, 1.165) is 68.2 Å². The third-order valence-corrected chi connectivity index (χ3v) is 7.29. The van der Waals surface area contributed by atoms with Gasteiger partial charge in [-0.15, -0.1) is 0 Å². The third-order valence-electron chi connectivity index (χ3n) is 7.29. The molecule has 3 heterocycles. The number of amides is 1. The molecule has 0 bridgehead atoms. The van der Waals surface area contributed by atoms with E-state index in [0.29, 0.717) is 6.54 Å². The Bertz CT molecular complexity index is 1110. The highest BCUT2D eigenvalue weighted by Crippen LogP contribution is 2.40.